The Hall–Kier alpha value is -2.09. The van der Waals surface area contributed by atoms with Gasteiger partial charge in [-0.25, -0.2) is 9.67 Å². The summed E-state index contributed by atoms with van der Waals surface area (Å²) < 4.78 is 41.0. The minimum atomic E-state index is -4.92. The number of aromatic nitrogens is 3. The monoisotopic (exact) mass is 286 g/mol. The molecule has 2 aromatic rings. The minimum absolute atomic E-state index is 0.319. The number of benzene rings is 1. The Morgan fingerprint density at radius 2 is 1.80 bits per heavy atom. The Labute approximate surface area is 113 Å². The van der Waals surface area contributed by atoms with Gasteiger partial charge >= 0.3 is 6.18 Å². The fourth-order valence-corrected chi connectivity index (χ4v) is 1.92. The zero-order valence-corrected chi connectivity index (χ0v) is 10.8. The van der Waals surface area contributed by atoms with Gasteiger partial charge in [0, 0.05) is 25.3 Å². The van der Waals surface area contributed by atoms with Gasteiger partial charge in [0.05, 0.1) is 0 Å². The van der Waals surface area contributed by atoms with Crippen molar-refractivity contribution in [1.82, 2.24) is 14.8 Å². The average Bonchev–Trinajstić information content (AvgIpc) is 2.83. The quantitative estimate of drug-likeness (QED) is 0.900. The summed E-state index contributed by atoms with van der Waals surface area (Å²) in [7, 11) is 2.94. The van der Waals surface area contributed by atoms with Crippen molar-refractivity contribution in [3.63, 3.8) is 0 Å². The Morgan fingerprint density at radius 3 is 2.20 bits per heavy atom. The maximum Gasteiger partial charge on any atom is 0.428 e. The Balaban J connectivity index is 2.61. The molecule has 1 aromatic carbocycles. The molecule has 8 heteroatoms. The molecule has 0 radical (unpaired) electrons. The number of hydrogen-bond donors (Lipinski definition) is 2. The molecular formula is C12H13F3N4O. The second-order valence-electron chi connectivity index (χ2n) is 4.24. The Kier molecular flexibility index (Phi) is 3.43. The molecule has 1 atom stereocenters. The lowest BCUT2D eigenvalue weighted by Gasteiger charge is -2.29. The normalized spacial score (nSPS) is 14.9. The third kappa shape index (κ3) is 2.11. The third-order valence-electron chi connectivity index (χ3n) is 3.04. The molecule has 20 heavy (non-hydrogen) atoms. The summed E-state index contributed by atoms with van der Waals surface area (Å²) >= 11 is 0. The molecule has 2 rings (SSSR count). The van der Waals surface area contributed by atoms with Gasteiger partial charge in [0.15, 0.2) is 5.82 Å². The number of nitrogens with zero attached hydrogens (tertiary/aromatic N) is 3. The molecule has 0 aliphatic rings. The number of aliphatic hydroxyl groups is 1. The van der Waals surface area contributed by atoms with E-state index in [2.05, 4.69) is 15.4 Å². The highest BCUT2D eigenvalue weighted by atomic mass is 19.4. The maximum absolute atomic E-state index is 13.4. The van der Waals surface area contributed by atoms with Crippen LogP contribution in [0.15, 0.2) is 30.6 Å². The van der Waals surface area contributed by atoms with Gasteiger partial charge in [-0.2, -0.15) is 18.3 Å². The second kappa shape index (κ2) is 4.78. The molecule has 0 aliphatic heterocycles. The van der Waals surface area contributed by atoms with E-state index in [-0.39, 0.29) is 5.56 Å². The van der Waals surface area contributed by atoms with Crippen LogP contribution >= 0.6 is 0 Å². The van der Waals surface area contributed by atoms with E-state index in [9.17, 15) is 18.3 Å². The molecule has 0 amide bonds. The van der Waals surface area contributed by atoms with Crippen molar-refractivity contribution in [3.05, 3.63) is 42.0 Å². The molecule has 2 N–H and O–H groups in total. The fourth-order valence-electron chi connectivity index (χ4n) is 1.92. The lowest BCUT2D eigenvalue weighted by molar-refractivity contribution is -0.252. The molecule has 0 fully saturated rings. The van der Waals surface area contributed by atoms with Crippen LogP contribution < -0.4 is 5.32 Å². The van der Waals surface area contributed by atoms with Crippen molar-refractivity contribution in [3.8, 4) is 0 Å². The third-order valence-corrected chi connectivity index (χ3v) is 3.04. The van der Waals surface area contributed by atoms with Crippen LogP contribution in [-0.2, 0) is 12.6 Å². The predicted octanol–water partition coefficient (Wildman–Crippen LogP) is 1.65. The summed E-state index contributed by atoms with van der Waals surface area (Å²) in [5.74, 6) is -0.581. The van der Waals surface area contributed by atoms with Crippen LogP contribution in [0.3, 0.4) is 0 Å². The summed E-state index contributed by atoms with van der Waals surface area (Å²) in [6.07, 6.45) is -3.96. The van der Waals surface area contributed by atoms with E-state index in [0.717, 1.165) is 11.0 Å². The van der Waals surface area contributed by atoms with Crippen molar-refractivity contribution in [2.45, 2.75) is 11.8 Å². The number of hydrogen-bond acceptors (Lipinski definition) is 4. The van der Waals surface area contributed by atoms with E-state index in [1.165, 1.54) is 31.3 Å². The average molecular weight is 286 g/mol. The molecule has 108 valence electrons. The van der Waals surface area contributed by atoms with E-state index >= 15 is 0 Å². The zero-order valence-electron chi connectivity index (χ0n) is 10.8. The number of halogens is 3. The van der Waals surface area contributed by atoms with Gasteiger partial charge in [-0.15, -0.1) is 0 Å². The van der Waals surface area contributed by atoms with Crippen LogP contribution in [0.5, 0.6) is 0 Å². The van der Waals surface area contributed by atoms with Gasteiger partial charge < -0.3 is 10.4 Å². The molecule has 0 saturated heterocycles. The molecule has 0 aliphatic carbocycles. The lowest BCUT2D eigenvalue weighted by Crippen LogP contribution is -2.45. The number of aryl methyl sites for hydroxylation is 1. The van der Waals surface area contributed by atoms with E-state index in [1.54, 1.807) is 7.05 Å². The first-order chi connectivity index (χ1) is 9.30. The smallest absolute Gasteiger partial charge is 0.388 e. The van der Waals surface area contributed by atoms with Gasteiger partial charge in [0.25, 0.3) is 0 Å². The Bertz CT molecular complexity index is 593. The first kappa shape index (κ1) is 14.3. The summed E-state index contributed by atoms with van der Waals surface area (Å²) in [5.41, 5.74) is -2.89. The van der Waals surface area contributed by atoms with Crippen LogP contribution in [0.1, 0.15) is 11.4 Å². The highest BCUT2D eigenvalue weighted by Gasteiger charge is 2.59. The standard InChI is InChI=1S/C12H13F3N4O/c1-16-9-5-3-8(4-6-9)11(20,12(13,14)15)10-17-7-18-19(10)2/h3-7,16,20H,1-2H3/t11-/m1/s1. The number of alkyl halides is 3. The molecule has 0 saturated carbocycles. The highest BCUT2D eigenvalue weighted by molar-refractivity contribution is 5.46. The van der Waals surface area contributed by atoms with Crippen molar-refractivity contribution in [1.29, 1.82) is 0 Å². The highest BCUT2D eigenvalue weighted by Crippen LogP contribution is 2.43. The van der Waals surface area contributed by atoms with E-state index < -0.39 is 17.6 Å². The zero-order chi connectivity index (χ0) is 15.0. The number of anilines is 1. The molecule has 5 nitrogen and oxygen atoms in total. The fraction of sp³-hybridized carbons (Fsp3) is 0.333. The van der Waals surface area contributed by atoms with Crippen LogP contribution in [0, 0.1) is 0 Å². The van der Waals surface area contributed by atoms with Crippen molar-refractivity contribution in [2.75, 3.05) is 12.4 Å². The van der Waals surface area contributed by atoms with Gasteiger partial charge in [-0.3, -0.25) is 0 Å². The van der Waals surface area contributed by atoms with Crippen molar-refractivity contribution in [2.24, 2.45) is 7.05 Å². The van der Waals surface area contributed by atoms with E-state index in [4.69, 9.17) is 0 Å². The topological polar surface area (TPSA) is 63.0 Å². The second-order valence-corrected chi connectivity index (χ2v) is 4.24. The molecule has 1 aromatic heterocycles. The van der Waals surface area contributed by atoms with E-state index in [1.807, 2.05) is 0 Å². The molecule has 0 unspecified atom stereocenters. The number of rotatable bonds is 3. The van der Waals surface area contributed by atoms with Crippen LogP contribution in [0.4, 0.5) is 18.9 Å². The molecule has 1 heterocycles. The summed E-state index contributed by atoms with van der Waals surface area (Å²) in [6.45, 7) is 0. The molecule has 0 spiro atoms. The summed E-state index contributed by atoms with van der Waals surface area (Å²) in [6, 6.07) is 5.30. The SMILES string of the molecule is CNc1ccc([C@@](O)(c2ncnn2C)C(F)(F)F)cc1. The van der Waals surface area contributed by atoms with Gasteiger partial charge in [-0.1, -0.05) is 12.1 Å². The van der Waals surface area contributed by atoms with Crippen LogP contribution in [0.2, 0.25) is 0 Å². The maximum atomic E-state index is 13.4. The first-order valence-corrected chi connectivity index (χ1v) is 5.72. The Morgan fingerprint density at radius 1 is 1.20 bits per heavy atom. The van der Waals surface area contributed by atoms with E-state index in [0.29, 0.717) is 5.69 Å². The van der Waals surface area contributed by atoms with Gasteiger partial charge in [0.1, 0.15) is 6.33 Å². The first-order valence-electron chi connectivity index (χ1n) is 5.72. The van der Waals surface area contributed by atoms with Gasteiger partial charge in [-0.05, 0) is 12.1 Å². The van der Waals surface area contributed by atoms with Crippen LogP contribution in [-0.4, -0.2) is 33.1 Å². The van der Waals surface area contributed by atoms with Crippen molar-refractivity contribution < 1.29 is 18.3 Å². The van der Waals surface area contributed by atoms with Crippen molar-refractivity contribution >= 4 is 5.69 Å². The summed E-state index contributed by atoms with van der Waals surface area (Å²) in [5, 5.41) is 16.6. The van der Waals surface area contributed by atoms with Gasteiger partial charge in [0.2, 0.25) is 5.60 Å². The largest absolute Gasteiger partial charge is 0.428 e. The predicted molar refractivity (Wildman–Crippen MR) is 66.0 cm³/mol. The molecular weight excluding hydrogens is 273 g/mol. The lowest BCUT2D eigenvalue weighted by atomic mass is 9.92. The van der Waals surface area contributed by atoms with Crippen LogP contribution in [0.25, 0.3) is 0 Å². The number of nitrogens with one attached hydrogen (secondary N) is 1. The minimum Gasteiger partial charge on any atom is -0.388 e. The molecule has 0 bridgehead atoms. The summed E-state index contributed by atoms with van der Waals surface area (Å²) in [4.78, 5) is 3.54.